The van der Waals surface area contributed by atoms with Crippen molar-refractivity contribution in [3.63, 3.8) is 0 Å². The van der Waals surface area contributed by atoms with Crippen LogP contribution in [-0.4, -0.2) is 32.8 Å². The molecule has 0 aliphatic heterocycles. The van der Waals surface area contributed by atoms with Crippen LogP contribution in [0.5, 0.6) is 0 Å². The van der Waals surface area contributed by atoms with Crippen LogP contribution in [0.25, 0.3) is 55.7 Å². The van der Waals surface area contributed by atoms with Crippen molar-refractivity contribution in [3.05, 3.63) is 108 Å². The van der Waals surface area contributed by atoms with Crippen molar-refractivity contribution >= 4 is 50.8 Å². The van der Waals surface area contributed by atoms with Gasteiger partial charge in [-0.3, -0.25) is 4.98 Å². The van der Waals surface area contributed by atoms with Crippen molar-refractivity contribution in [2.24, 2.45) is 5.92 Å². The van der Waals surface area contributed by atoms with E-state index in [0.717, 1.165) is 67.7 Å². The van der Waals surface area contributed by atoms with Gasteiger partial charge in [0, 0.05) is 42.6 Å². The number of fused-ring (bicyclic) bond motifs is 4. The van der Waals surface area contributed by atoms with Crippen LogP contribution in [0.1, 0.15) is 71.3 Å². The number of hydrogen-bond donors (Lipinski definition) is 0. The topological polar surface area (TPSA) is 56.7 Å². The van der Waals surface area contributed by atoms with E-state index < -0.39 is 13.3 Å². The van der Waals surface area contributed by atoms with Gasteiger partial charge < -0.3 is 8.98 Å². The van der Waals surface area contributed by atoms with Gasteiger partial charge in [-0.15, -0.1) is 17.7 Å². The summed E-state index contributed by atoms with van der Waals surface area (Å²) >= 11 is -1.86. The fourth-order valence-corrected chi connectivity index (χ4v) is 10.0. The molecule has 0 N–H and O–H groups in total. The van der Waals surface area contributed by atoms with Crippen LogP contribution in [0.3, 0.4) is 0 Å². The third kappa shape index (κ3) is 8.09. The molecule has 0 bridgehead atoms. The molecule has 0 fully saturated rings. The van der Waals surface area contributed by atoms with Crippen LogP contribution in [0, 0.1) is 25.0 Å². The number of nitrogens with zero attached hydrogens (tertiary/aromatic N) is 4. The molecule has 1 radical (unpaired) electrons. The first-order valence-corrected chi connectivity index (χ1v) is 25.2. The maximum atomic E-state index is 6.39. The minimum absolute atomic E-state index is 0. The molecular formula is C44H50GeIrN4O-2. The third-order valence-corrected chi connectivity index (χ3v) is 13.5. The Hall–Kier alpha value is -3.58. The Balaban J connectivity index is 0.000000211. The summed E-state index contributed by atoms with van der Waals surface area (Å²) in [6, 6.07) is 31.9. The number of pyridine rings is 2. The molecule has 4 heterocycles. The molecule has 267 valence electrons. The standard InChI is InChI=1S/C26H26N3O.C18H24GeN.Ir/c1-15(2)29-20-10-8-7-9-19(20)27-24(29)18-12-11-16(3)22-17-13-14-21(26(4,5)6)28-25(17)30-23(18)22;1-14(2)11-16-12-18(15-9-7-6-8-10-15)20-13-17(16)19(3,4)5;/h7-11,13-15H,1-6H3;6-9,12-14H,11H2,1-5H3;/q2*-1;. The normalized spacial score (nSPS) is 12.1. The average molecular weight is 916 g/mol. The van der Waals surface area contributed by atoms with Crippen molar-refractivity contribution in [2.75, 3.05) is 0 Å². The number of furan rings is 1. The number of para-hydroxylation sites is 2. The quantitative estimate of drug-likeness (QED) is 0.123. The van der Waals surface area contributed by atoms with Gasteiger partial charge in [0.15, 0.2) is 0 Å². The second-order valence-corrected chi connectivity index (χ2v) is 26.8. The fourth-order valence-electron chi connectivity index (χ4n) is 6.67. The zero-order chi connectivity index (χ0) is 36.0. The van der Waals surface area contributed by atoms with E-state index in [1.165, 1.54) is 5.56 Å². The van der Waals surface area contributed by atoms with Crippen LogP contribution in [0.15, 0.2) is 83.4 Å². The predicted molar refractivity (Wildman–Crippen MR) is 213 cm³/mol. The van der Waals surface area contributed by atoms with Crippen molar-refractivity contribution in [2.45, 2.75) is 90.5 Å². The summed E-state index contributed by atoms with van der Waals surface area (Å²) in [5.74, 6) is 8.87. The summed E-state index contributed by atoms with van der Waals surface area (Å²) < 4.78 is 10.2. The Kier molecular flexibility index (Phi) is 11.5. The molecule has 0 saturated carbocycles. The second-order valence-electron chi connectivity index (χ2n) is 16.2. The number of aromatic nitrogens is 4. The molecule has 3 aromatic carbocycles. The number of benzene rings is 3. The number of imidazole rings is 1. The molecule has 0 aliphatic rings. The zero-order valence-electron chi connectivity index (χ0n) is 31.9. The fraction of sp³-hybridized carbons (Fsp3) is 0.341. The maximum Gasteiger partial charge on any atom is 0.216 e. The van der Waals surface area contributed by atoms with E-state index in [1.807, 2.05) is 30.3 Å². The second kappa shape index (κ2) is 15.2. The molecule has 0 unspecified atom stereocenters. The van der Waals surface area contributed by atoms with Gasteiger partial charge >= 0.3 is 126 Å². The summed E-state index contributed by atoms with van der Waals surface area (Å²) in [4.78, 5) is 14.5. The molecule has 0 amide bonds. The maximum absolute atomic E-state index is 6.39. The predicted octanol–water partition coefficient (Wildman–Crippen LogP) is 11.3. The molecule has 0 atom stereocenters. The van der Waals surface area contributed by atoms with Gasteiger partial charge in [-0.2, -0.15) is 0 Å². The van der Waals surface area contributed by atoms with Crippen LogP contribution < -0.4 is 4.40 Å². The average Bonchev–Trinajstić information content (AvgIpc) is 3.64. The summed E-state index contributed by atoms with van der Waals surface area (Å²) in [5, 5.41) is 2.13. The molecule has 0 aliphatic carbocycles. The zero-order valence-corrected chi connectivity index (χ0v) is 36.4. The number of hydrogen-bond acceptors (Lipinski definition) is 4. The SMILES string of the molecule is CC(C)Cc1cc(-c2[c-]cccc2)nc[c]1[Ge]([CH3])([CH3])[CH3].Cc1c[c-]c(-c2nc3ccccc3n2C(C)C)c2oc3nc(C(C)(C)C)ccc3c12.[Ir]. The molecule has 7 rings (SSSR count). The first-order chi connectivity index (χ1) is 23.6. The van der Waals surface area contributed by atoms with Crippen LogP contribution in [-0.2, 0) is 31.9 Å². The molecule has 51 heavy (non-hydrogen) atoms. The van der Waals surface area contributed by atoms with Gasteiger partial charge in [-0.25, -0.2) is 4.98 Å². The Bertz CT molecular complexity index is 2290. The minimum atomic E-state index is -1.86. The van der Waals surface area contributed by atoms with Crippen LogP contribution >= 0.6 is 0 Å². The van der Waals surface area contributed by atoms with Crippen molar-refractivity contribution in [1.29, 1.82) is 0 Å². The van der Waals surface area contributed by atoms with Crippen LogP contribution in [0.2, 0.25) is 17.3 Å². The summed E-state index contributed by atoms with van der Waals surface area (Å²) in [5.41, 5.74) is 10.2. The Morgan fingerprint density at radius 1 is 0.902 bits per heavy atom. The Morgan fingerprint density at radius 3 is 2.27 bits per heavy atom. The Labute approximate surface area is 320 Å². The largest absolute Gasteiger partial charge is 0.486 e. The third-order valence-electron chi connectivity index (χ3n) is 9.12. The summed E-state index contributed by atoms with van der Waals surface area (Å²) in [7, 11) is 0. The van der Waals surface area contributed by atoms with Gasteiger partial charge in [-0.05, 0) is 38.1 Å². The van der Waals surface area contributed by atoms with Crippen LogP contribution in [0.4, 0.5) is 0 Å². The molecular weight excluding hydrogens is 865 g/mol. The van der Waals surface area contributed by atoms with Crippen molar-refractivity contribution in [1.82, 2.24) is 19.5 Å². The van der Waals surface area contributed by atoms with Gasteiger partial charge in [0.25, 0.3) is 0 Å². The van der Waals surface area contributed by atoms with E-state index in [9.17, 15) is 0 Å². The van der Waals surface area contributed by atoms with Crippen molar-refractivity contribution < 1.29 is 24.5 Å². The Morgan fingerprint density at radius 2 is 1.63 bits per heavy atom. The van der Waals surface area contributed by atoms with Gasteiger partial charge in [0.2, 0.25) is 5.71 Å². The van der Waals surface area contributed by atoms with E-state index in [-0.39, 0.29) is 31.6 Å². The van der Waals surface area contributed by atoms with E-state index in [4.69, 9.17) is 19.4 Å². The monoisotopic (exact) mass is 917 g/mol. The van der Waals surface area contributed by atoms with E-state index >= 15 is 0 Å². The molecule has 0 spiro atoms. The van der Waals surface area contributed by atoms with Gasteiger partial charge in [0.1, 0.15) is 0 Å². The first-order valence-electron chi connectivity index (χ1n) is 17.8. The summed E-state index contributed by atoms with van der Waals surface area (Å²) in [6.07, 6.45) is 3.27. The van der Waals surface area contributed by atoms with E-state index in [0.29, 0.717) is 11.6 Å². The molecule has 5 nitrogen and oxygen atoms in total. The van der Waals surface area contributed by atoms with Gasteiger partial charge in [0.05, 0.1) is 22.4 Å². The van der Waals surface area contributed by atoms with E-state index in [1.54, 1.807) is 4.40 Å². The molecule has 7 heteroatoms. The van der Waals surface area contributed by atoms with Crippen molar-refractivity contribution in [3.8, 4) is 22.6 Å². The van der Waals surface area contributed by atoms with Gasteiger partial charge in [-0.1, -0.05) is 50.8 Å². The molecule has 0 saturated heterocycles. The number of rotatable bonds is 6. The number of aryl methyl sites for hydroxylation is 1. The smallest absolute Gasteiger partial charge is 0.216 e. The minimum Gasteiger partial charge on any atom is -0.486 e. The summed E-state index contributed by atoms with van der Waals surface area (Å²) in [6.45, 7) is 17.5. The molecule has 7 aromatic rings. The van der Waals surface area contributed by atoms with E-state index in [2.05, 4.69) is 138 Å². The molecule has 4 aromatic heterocycles. The first kappa shape index (κ1) is 38.6.